The predicted molar refractivity (Wildman–Crippen MR) is 99.2 cm³/mol. The molecule has 3 aromatic heterocycles. The number of nitrogens with one attached hydrogen (secondary N) is 1. The van der Waals surface area contributed by atoms with E-state index in [9.17, 15) is 0 Å². The summed E-state index contributed by atoms with van der Waals surface area (Å²) in [6, 6.07) is 19.2. The summed E-state index contributed by atoms with van der Waals surface area (Å²) < 4.78 is 0. The van der Waals surface area contributed by atoms with Crippen LogP contribution >= 0.6 is 11.3 Å². The molecule has 0 saturated heterocycles. The van der Waals surface area contributed by atoms with Gasteiger partial charge in [-0.3, -0.25) is 0 Å². The minimum Gasteiger partial charge on any atom is -0.339 e. The van der Waals surface area contributed by atoms with Gasteiger partial charge in [-0.05, 0) is 36.6 Å². The van der Waals surface area contributed by atoms with Crippen molar-refractivity contribution in [1.29, 1.82) is 0 Å². The zero-order valence-electron chi connectivity index (χ0n) is 12.6. The highest BCUT2D eigenvalue weighted by Gasteiger charge is 2.16. The molecule has 0 saturated carbocycles. The van der Waals surface area contributed by atoms with Crippen molar-refractivity contribution in [2.75, 3.05) is 0 Å². The summed E-state index contributed by atoms with van der Waals surface area (Å²) in [5, 5.41) is 5.82. The van der Waals surface area contributed by atoms with Gasteiger partial charge >= 0.3 is 0 Å². The van der Waals surface area contributed by atoms with Gasteiger partial charge in [-0.25, -0.2) is 4.98 Å². The Balaban J connectivity index is 2.10. The Kier molecular flexibility index (Phi) is 2.61. The molecule has 0 aliphatic carbocycles. The summed E-state index contributed by atoms with van der Waals surface area (Å²) in [7, 11) is 0. The van der Waals surface area contributed by atoms with E-state index in [-0.39, 0.29) is 0 Å². The molecular weight excluding hydrogens is 300 g/mol. The lowest BCUT2D eigenvalue weighted by molar-refractivity contribution is 1.39. The number of thiophene rings is 1. The van der Waals surface area contributed by atoms with E-state index in [0.29, 0.717) is 0 Å². The van der Waals surface area contributed by atoms with Gasteiger partial charge in [-0.1, -0.05) is 35.9 Å². The van der Waals surface area contributed by atoms with Crippen molar-refractivity contribution in [3.05, 3.63) is 65.5 Å². The third-order valence-electron chi connectivity index (χ3n) is 4.36. The first-order valence-electron chi connectivity index (χ1n) is 7.66. The van der Waals surface area contributed by atoms with E-state index in [4.69, 9.17) is 4.98 Å². The first-order valence-corrected chi connectivity index (χ1v) is 8.54. The molecule has 0 spiro atoms. The van der Waals surface area contributed by atoms with Crippen LogP contribution in [-0.2, 0) is 0 Å². The number of benzene rings is 2. The zero-order chi connectivity index (χ0) is 15.4. The maximum atomic E-state index is 4.88. The molecule has 0 radical (unpaired) electrons. The summed E-state index contributed by atoms with van der Waals surface area (Å²) >= 11 is 1.78. The molecule has 2 nitrogen and oxygen atoms in total. The molecule has 3 heteroatoms. The SMILES string of the molecule is Cc1ccc2nc3[nH]c4ccccc4c3c(-c3cccs3)c2c1. The van der Waals surface area contributed by atoms with Gasteiger partial charge in [0.2, 0.25) is 0 Å². The van der Waals surface area contributed by atoms with Crippen LogP contribution in [0.25, 0.3) is 43.3 Å². The van der Waals surface area contributed by atoms with Crippen molar-refractivity contribution in [2.24, 2.45) is 0 Å². The van der Waals surface area contributed by atoms with Crippen molar-refractivity contribution in [1.82, 2.24) is 9.97 Å². The van der Waals surface area contributed by atoms with Crippen LogP contribution in [0.4, 0.5) is 0 Å². The number of rotatable bonds is 1. The summed E-state index contributed by atoms with van der Waals surface area (Å²) in [5.74, 6) is 0. The fourth-order valence-corrected chi connectivity index (χ4v) is 4.13. The Morgan fingerprint density at radius 1 is 0.957 bits per heavy atom. The summed E-state index contributed by atoms with van der Waals surface area (Å²) in [5.41, 5.74) is 5.70. The Morgan fingerprint density at radius 3 is 2.74 bits per heavy atom. The van der Waals surface area contributed by atoms with Crippen LogP contribution in [0.1, 0.15) is 5.56 Å². The number of aromatic nitrogens is 2. The number of hydrogen-bond acceptors (Lipinski definition) is 2. The number of pyridine rings is 1. The van der Waals surface area contributed by atoms with Crippen LogP contribution in [0.3, 0.4) is 0 Å². The smallest absolute Gasteiger partial charge is 0.139 e. The van der Waals surface area contributed by atoms with Crippen LogP contribution in [-0.4, -0.2) is 9.97 Å². The number of hydrogen-bond donors (Lipinski definition) is 1. The van der Waals surface area contributed by atoms with Gasteiger partial charge in [0.1, 0.15) is 5.65 Å². The van der Waals surface area contributed by atoms with Crippen molar-refractivity contribution in [3.63, 3.8) is 0 Å². The Labute approximate surface area is 137 Å². The van der Waals surface area contributed by atoms with E-state index >= 15 is 0 Å². The van der Waals surface area contributed by atoms with Crippen molar-refractivity contribution in [3.8, 4) is 10.4 Å². The highest BCUT2D eigenvalue weighted by Crippen LogP contribution is 2.40. The van der Waals surface area contributed by atoms with Gasteiger partial charge in [-0.15, -0.1) is 11.3 Å². The molecule has 0 fully saturated rings. The van der Waals surface area contributed by atoms with Crippen molar-refractivity contribution < 1.29 is 0 Å². The van der Waals surface area contributed by atoms with Gasteiger partial charge in [0, 0.05) is 32.1 Å². The lowest BCUT2D eigenvalue weighted by Crippen LogP contribution is -1.87. The van der Waals surface area contributed by atoms with Crippen LogP contribution in [0.5, 0.6) is 0 Å². The molecule has 3 heterocycles. The standard InChI is InChI=1S/C20H14N2S/c1-12-8-9-16-14(11-12)18(17-7-4-10-23-17)19-13-5-2-3-6-15(13)21-20(19)22-16/h2-11H,1H3,(H,21,22). The Bertz CT molecular complexity index is 1170. The molecule has 110 valence electrons. The third-order valence-corrected chi connectivity index (χ3v) is 5.24. The first-order chi connectivity index (χ1) is 11.3. The lowest BCUT2D eigenvalue weighted by atomic mass is 10.0. The largest absolute Gasteiger partial charge is 0.339 e. The number of nitrogens with zero attached hydrogens (tertiary/aromatic N) is 1. The minimum atomic E-state index is 0.964. The van der Waals surface area contributed by atoms with Gasteiger partial charge in [0.05, 0.1) is 5.52 Å². The van der Waals surface area contributed by atoms with Crippen LogP contribution in [0.2, 0.25) is 0 Å². The fourth-order valence-electron chi connectivity index (χ4n) is 3.34. The molecule has 5 aromatic rings. The Hall–Kier alpha value is -2.65. The maximum absolute atomic E-state index is 4.88. The molecule has 23 heavy (non-hydrogen) atoms. The van der Waals surface area contributed by atoms with E-state index in [0.717, 1.165) is 16.7 Å². The number of aryl methyl sites for hydroxylation is 1. The third kappa shape index (κ3) is 1.83. The van der Waals surface area contributed by atoms with Gasteiger partial charge in [0.25, 0.3) is 0 Å². The lowest BCUT2D eigenvalue weighted by Gasteiger charge is -2.08. The molecular formula is C20H14N2S. The molecule has 0 bridgehead atoms. The number of para-hydroxylation sites is 1. The molecule has 2 aromatic carbocycles. The molecule has 0 aliphatic rings. The monoisotopic (exact) mass is 314 g/mol. The van der Waals surface area contributed by atoms with Crippen molar-refractivity contribution in [2.45, 2.75) is 6.92 Å². The average molecular weight is 314 g/mol. The molecule has 0 unspecified atom stereocenters. The summed E-state index contributed by atoms with van der Waals surface area (Å²) in [6.45, 7) is 2.14. The predicted octanol–water partition coefficient (Wildman–Crippen LogP) is 5.91. The van der Waals surface area contributed by atoms with E-state index < -0.39 is 0 Å². The second-order valence-electron chi connectivity index (χ2n) is 5.88. The van der Waals surface area contributed by atoms with Crippen LogP contribution < -0.4 is 0 Å². The van der Waals surface area contributed by atoms with Gasteiger partial charge in [-0.2, -0.15) is 0 Å². The molecule has 1 N–H and O–H groups in total. The molecule has 0 amide bonds. The maximum Gasteiger partial charge on any atom is 0.139 e. The topological polar surface area (TPSA) is 28.7 Å². The molecule has 0 atom stereocenters. The first kappa shape index (κ1) is 12.9. The van der Waals surface area contributed by atoms with Crippen molar-refractivity contribution >= 4 is 44.2 Å². The van der Waals surface area contributed by atoms with Crippen LogP contribution in [0, 0.1) is 6.92 Å². The van der Waals surface area contributed by atoms with E-state index in [2.05, 4.69) is 71.9 Å². The number of H-pyrrole nitrogens is 1. The molecule has 0 aliphatic heterocycles. The summed E-state index contributed by atoms with van der Waals surface area (Å²) in [4.78, 5) is 9.65. The molecule has 5 rings (SSSR count). The minimum absolute atomic E-state index is 0.964. The average Bonchev–Trinajstić information content (AvgIpc) is 3.20. The normalized spacial score (nSPS) is 11.7. The highest BCUT2D eigenvalue weighted by atomic mass is 32.1. The second kappa shape index (κ2) is 4.67. The van der Waals surface area contributed by atoms with Crippen LogP contribution in [0.15, 0.2) is 60.0 Å². The van der Waals surface area contributed by atoms with E-state index in [1.54, 1.807) is 11.3 Å². The quantitative estimate of drug-likeness (QED) is 0.409. The van der Waals surface area contributed by atoms with Gasteiger partial charge < -0.3 is 4.98 Å². The zero-order valence-corrected chi connectivity index (χ0v) is 13.4. The summed E-state index contributed by atoms with van der Waals surface area (Å²) in [6.07, 6.45) is 0. The van der Waals surface area contributed by atoms with E-state index in [1.807, 2.05) is 0 Å². The number of aromatic amines is 1. The highest BCUT2D eigenvalue weighted by molar-refractivity contribution is 7.13. The fraction of sp³-hybridized carbons (Fsp3) is 0.0500. The van der Waals surface area contributed by atoms with Gasteiger partial charge in [0.15, 0.2) is 0 Å². The number of fused-ring (bicyclic) bond motifs is 4. The second-order valence-corrected chi connectivity index (χ2v) is 6.83. The van der Waals surface area contributed by atoms with E-state index in [1.165, 1.54) is 32.2 Å². The Morgan fingerprint density at radius 2 is 1.87 bits per heavy atom.